The van der Waals surface area contributed by atoms with E-state index in [1.165, 1.54) is 0 Å². The molecular weight excluding hydrogens is 239 g/mol. The molecule has 0 fully saturated rings. The van der Waals surface area contributed by atoms with Crippen LogP contribution < -0.4 is 5.32 Å². The fourth-order valence-corrected chi connectivity index (χ4v) is 1.79. The molecule has 62 valence electrons. The van der Waals surface area contributed by atoms with Crippen molar-refractivity contribution in [2.24, 2.45) is 4.99 Å². The summed E-state index contributed by atoms with van der Waals surface area (Å²) in [7, 11) is 0. The second-order valence-corrected chi connectivity index (χ2v) is 4.64. The first kappa shape index (κ1) is 8.08. The number of para-hydroxylation sites is 1. The summed E-state index contributed by atoms with van der Waals surface area (Å²) in [5, 5.41) is 3.01. The van der Waals surface area contributed by atoms with Crippen LogP contribution in [0.3, 0.4) is 0 Å². The maximum absolute atomic E-state index is 6.08. The van der Waals surface area contributed by atoms with Crippen molar-refractivity contribution in [3.63, 3.8) is 0 Å². The largest absolute Gasteiger partial charge is 0.346 e. The molecule has 0 spiro atoms. The van der Waals surface area contributed by atoms with Crippen molar-refractivity contribution < 1.29 is 0 Å². The van der Waals surface area contributed by atoms with Gasteiger partial charge in [0.1, 0.15) is 0 Å². The molecule has 4 heteroatoms. The maximum atomic E-state index is 6.08. The zero-order valence-electron chi connectivity index (χ0n) is 6.09. The van der Waals surface area contributed by atoms with Crippen LogP contribution >= 0.6 is 27.5 Å². The molecule has 0 bridgehead atoms. The zero-order chi connectivity index (χ0) is 8.60. The average molecular weight is 246 g/mol. The SMILES string of the molecule is ClC1(Br)N=CNc2ccccc21. The van der Waals surface area contributed by atoms with Crippen LogP contribution in [-0.4, -0.2) is 6.34 Å². The van der Waals surface area contributed by atoms with E-state index < -0.39 is 3.91 Å². The van der Waals surface area contributed by atoms with Gasteiger partial charge in [-0.05, 0) is 22.0 Å². The number of alkyl halides is 2. The summed E-state index contributed by atoms with van der Waals surface area (Å²) in [4.78, 5) is 4.05. The Hall–Kier alpha value is -0.540. The van der Waals surface area contributed by atoms with Gasteiger partial charge in [-0.15, -0.1) is 0 Å². The van der Waals surface area contributed by atoms with Crippen LogP contribution in [0.25, 0.3) is 0 Å². The Labute approximate surface area is 83.8 Å². The highest BCUT2D eigenvalue weighted by Gasteiger charge is 2.28. The smallest absolute Gasteiger partial charge is 0.217 e. The van der Waals surface area contributed by atoms with Gasteiger partial charge in [0.15, 0.2) is 0 Å². The lowest BCUT2D eigenvalue weighted by Gasteiger charge is -2.22. The van der Waals surface area contributed by atoms with Crippen molar-refractivity contribution >= 4 is 39.6 Å². The van der Waals surface area contributed by atoms with Gasteiger partial charge < -0.3 is 5.32 Å². The molecule has 1 atom stereocenters. The van der Waals surface area contributed by atoms with E-state index in [-0.39, 0.29) is 0 Å². The summed E-state index contributed by atoms with van der Waals surface area (Å²) in [5.74, 6) is 0. The Morgan fingerprint density at radius 1 is 1.42 bits per heavy atom. The molecule has 1 unspecified atom stereocenters. The third-order valence-electron chi connectivity index (χ3n) is 1.70. The molecule has 1 aliphatic rings. The molecule has 0 saturated carbocycles. The molecule has 1 aromatic carbocycles. The predicted molar refractivity (Wildman–Crippen MR) is 55.0 cm³/mol. The van der Waals surface area contributed by atoms with Crippen LogP contribution in [0.4, 0.5) is 5.69 Å². The summed E-state index contributed by atoms with van der Waals surface area (Å²) >= 11 is 9.40. The molecule has 0 aliphatic carbocycles. The Bertz CT molecular complexity index is 336. The van der Waals surface area contributed by atoms with Crippen LogP contribution in [0.15, 0.2) is 29.3 Å². The second kappa shape index (κ2) is 2.75. The van der Waals surface area contributed by atoms with Gasteiger partial charge in [-0.3, -0.25) is 0 Å². The molecule has 2 rings (SSSR count). The van der Waals surface area contributed by atoms with Crippen LogP contribution in [0.5, 0.6) is 0 Å². The molecule has 0 radical (unpaired) electrons. The number of halogens is 2. The highest BCUT2D eigenvalue weighted by molar-refractivity contribution is 9.10. The van der Waals surface area contributed by atoms with Gasteiger partial charge in [0.05, 0.1) is 6.34 Å². The lowest BCUT2D eigenvalue weighted by atomic mass is 10.1. The van der Waals surface area contributed by atoms with Gasteiger partial charge in [-0.25, -0.2) is 4.99 Å². The summed E-state index contributed by atoms with van der Waals surface area (Å²) < 4.78 is -0.797. The molecular formula is C8H6BrClN2. The van der Waals surface area contributed by atoms with Gasteiger partial charge in [0.25, 0.3) is 0 Å². The Morgan fingerprint density at radius 2 is 2.17 bits per heavy atom. The van der Waals surface area contributed by atoms with Crippen LogP contribution in [0.1, 0.15) is 5.56 Å². The molecule has 0 amide bonds. The van der Waals surface area contributed by atoms with E-state index >= 15 is 0 Å². The zero-order valence-corrected chi connectivity index (χ0v) is 8.43. The molecule has 1 aliphatic heterocycles. The van der Waals surface area contributed by atoms with E-state index in [0.717, 1.165) is 11.3 Å². The minimum Gasteiger partial charge on any atom is -0.346 e. The summed E-state index contributed by atoms with van der Waals surface area (Å²) in [5.41, 5.74) is 1.92. The fraction of sp³-hybridized carbons (Fsp3) is 0.125. The molecule has 2 nitrogen and oxygen atoms in total. The number of rotatable bonds is 0. The number of benzene rings is 1. The first-order chi connectivity index (χ1) is 5.70. The van der Waals surface area contributed by atoms with E-state index in [2.05, 4.69) is 26.2 Å². The molecule has 0 saturated heterocycles. The van der Waals surface area contributed by atoms with Crippen LogP contribution in [0, 0.1) is 0 Å². The topological polar surface area (TPSA) is 24.4 Å². The number of nitrogens with one attached hydrogen (secondary N) is 1. The third kappa shape index (κ3) is 1.23. The number of nitrogens with zero attached hydrogens (tertiary/aromatic N) is 1. The van der Waals surface area contributed by atoms with Crippen molar-refractivity contribution in [3.8, 4) is 0 Å². The second-order valence-electron chi connectivity index (χ2n) is 2.49. The van der Waals surface area contributed by atoms with E-state index in [0.29, 0.717) is 0 Å². The number of fused-ring (bicyclic) bond motifs is 1. The Morgan fingerprint density at radius 3 is 2.92 bits per heavy atom. The van der Waals surface area contributed by atoms with Crippen LogP contribution in [0.2, 0.25) is 0 Å². The van der Waals surface area contributed by atoms with E-state index in [4.69, 9.17) is 11.6 Å². The number of hydrogen-bond acceptors (Lipinski definition) is 2. The van der Waals surface area contributed by atoms with Gasteiger partial charge in [0, 0.05) is 11.3 Å². The number of aliphatic imine (C=N–C) groups is 1. The third-order valence-corrected chi connectivity index (χ3v) is 2.63. The quantitative estimate of drug-likeness (QED) is 0.552. The van der Waals surface area contributed by atoms with Crippen molar-refractivity contribution in [3.05, 3.63) is 29.8 Å². The Balaban J connectivity index is 2.58. The minimum absolute atomic E-state index is 0.797. The highest BCUT2D eigenvalue weighted by Crippen LogP contribution is 2.42. The Kier molecular flexibility index (Phi) is 1.85. The summed E-state index contributed by atoms with van der Waals surface area (Å²) in [6.07, 6.45) is 1.59. The van der Waals surface area contributed by atoms with Gasteiger partial charge >= 0.3 is 0 Å². The molecule has 12 heavy (non-hydrogen) atoms. The molecule has 1 heterocycles. The van der Waals surface area contributed by atoms with E-state index in [9.17, 15) is 0 Å². The van der Waals surface area contributed by atoms with Crippen LogP contribution in [-0.2, 0) is 3.91 Å². The monoisotopic (exact) mass is 244 g/mol. The fourth-order valence-electron chi connectivity index (χ4n) is 1.12. The highest BCUT2D eigenvalue weighted by atomic mass is 79.9. The van der Waals surface area contributed by atoms with Crippen molar-refractivity contribution in [1.29, 1.82) is 0 Å². The lowest BCUT2D eigenvalue weighted by Crippen LogP contribution is -2.16. The van der Waals surface area contributed by atoms with Crippen molar-refractivity contribution in [1.82, 2.24) is 0 Å². The van der Waals surface area contributed by atoms with Crippen molar-refractivity contribution in [2.75, 3.05) is 5.32 Å². The normalized spacial score (nSPS) is 26.2. The lowest BCUT2D eigenvalue weighted by molar-refractivity contribution is 0.951. The number of anilines is 1. The molecule has 1 aromatic rings. The first-order valence-corrected chi connectivity index (χ1v) is 4.65. The van der Waals surface area contributed by atoms with E-state index in [1.807, 2.05) is 24.3 Å². The van der Waals surface area contributed by atoms with E-state index in [1.54, 1.807) is 6.34 Å². The summed E-state index contributed by atoms with van der Waals surface area (Å²) in [6, 6.07) is 7.77. The standard InChI is InChI=1S/C8H6BrClN2/c9-8(10)6-3-1-2-4-7(6)11-5-12-8/h1-5H,(H,11,12). The van der Waals surface area contributed by atoms with Crippen molar-refractivity contribution in [2.45, 2.75) is 3.91 Å². The molecule has 0 aromatic heterocycles. The predicted octanol–water partition coefficient (Wildman–Crippen LogP) is 2.88. The first-order valence-electron chi connectivity index (χ1n) is 3.48. The van der Waals surface area contributed by atoms with Gasteiger partial charge in [-0.2, -0.15) is 0 Å². The molecule has 1 N–H and O–H groups in total. The summed E-state index contributed by atoms with van der Waals surface area (Å²) in [6.45, 7) is 0. The minimum atomic E-state index is -0.797. The average Bonchev–Trinajstić information content (AvgIpc) is 2.04. The van der Waals surface area contributed by atoms with Gasteiger partial charge in [-0.1, -0.05) is 29.8 Å². The van der Waals surface area contributed by atoms with Gasteiger partial charge in [0.2, 0.25) is 3.91 Å². The number of hydrogen-bond donors (Lipinski definition) is 1. The maximum Gasteiger partial charge on any atom is 0.217 e.